The highest BCUT2D eigenvalue weighted by molar-refractivity contribution is 5.74. The molecule has 0 bridgehead atoms. The second-order valence-electron chi connectivity index (χ2n) is 9.26. The molecule has 0 saturated carbocycles. The predicted octanol–water partition coefficient (Wildman–Crippen LogP) is 3.49. The summed E-state index contributed by atoms with van der Waals surface area (Å²) < 4.78 is 36.6. The number of rotatable bonds is 7. The van der Waals surface area contributed by atoms with Crippen molar-refractivity contribution in [2.45, 2.75) is 32.6 Å². The number of aliphatic hydroxyl groups excluding tert-OH is 1. The molecule has 1 fully saturated rings. The third kappa shape index (κ3) is 4.97. The van der Waals surface area contributed by atoms with Crippen molar-refractivity contribution < 1.29 is 18.6 Å². The molecule has 11 heteroatoms. The van der Waals surface area contributed by atoms with Crippen LogP contribution < -0.4 is 16.0 Å². The first kappa shape index (κ1) is 25.0. The number of piperidine rings is 1. The molecule has 0 spiro atoms. The molecule has 0 aliphatic carbocycles. The highest BCUT2D eigenvalue weighted by Crippen LogP contribution is 2.32. The van der Waals surface area contributed by atoms with Crippen molar-refractivity contribution in [1.29, 1.82) is 0 Å². The Hall–Kier alpha value is -3.67. The van der Waals surface area contributed by atoms with Gasteiger partial charge >= 0.3 is 0 Å². The summed E-state index contributed by atoms with van der Waals surface area (Å²) in [6, 6.07) is 7.26. The summed E-state index contributed by atoms with van der Waals surface area (Å²) in [6.45, 7) is 5.45. The van der Waals surface area contributed by atoms with E-state index in [9.17, 15) is 13.9 Å². The number of hydrogen-bond donors (Lipinski definition) is 3. The molecule has 37 heavy (non-hydrogen) atoms. The van der Waals surface area contributed by atoms with Crippen LogP contribution in [0.4, 0.5) is 26.1 Å². The van der Waals surface area contributed by atoms with Crippen molar-refractivity contribution in [2.75, 3.05) is 29.9 Å². The Bertz CT molecular complexity index is 1380. The molecule has 1 saturated heterocycles. The molecule has 4 N–H and O–H groups in total. The van der Waals surface area contributed by atoms with Gasteiger partial charge < -0.3 is 25.8 Å². The monoisotopic (exact) mass is 509 g/mol. The molecular formula is C26H29F2N7O2. The van der Waals surface area contributed by atoms with Crippen molar-refractivity contribution in [3.63, 3.8) is 0 Å². The van der Waals surface area contributed by atoms with Crippen LogP contribution in [0.25, 0.3) is 16.8 Å². The molecule has 1 aliphatic heterocycles. The molecule has 0 unspecified atom stereocenters. The Balaban J connectivity index is 1.47. The fourth-order valence-corrected chi connectivity index (χ4v) is 4.67. The largest absolute Gasteiger partial charge is 0.391 e. The number of aliphatic hydroxyl groups is 1. The Morgan fingerprint density at radius 3 is 2.68 bits per heavy atom. The number of nitrogens with two attached hydrogens (primary N) is 1. The molecule has 9 nitrogen and oxygen atoms in total. The molecule has 3 aromatic heterocycles. The number of imidazole rings is 1. The van der Waals surface area contributed by atoms with E-state index in [1.165, 1.54) is 16.6 Å². The minimum atomic E-state index is -0.719. The van der Waals surface area contributed by atoms with E-state index in [0.29, 0.717) is 42.4 Å². The van der Waals surface area contributed by atoms with Gasteiger partial charge in [0.25, 0.3) is 0 Å². The summed E-state index contributed by atoms with van der Waals surface area (Å²) in [6.07, 6.45) is 4.39. The average molecular weight is 510 g/mol. The van der Waals surface area contributed by atoms with Crippen LogP contribution in [0.15, 0.2) is 48.9 Å². The number of fused-ring (bicyclic) bond motifs is 1. The van der Waals surface area contributed by atoms with Crippen LogP contribution in [0, 0.1) is 17.6 Å². The molecule has 0 amide bonds. The number of benzene rings is 1. The van der Waals surface area contributed by atoms with Gasteiger partial charge in [-0.25, -0.2) is 13.8 Å². The highest BCUT2D eigenvalue weighted by atomic mass is 19.1. The van der Waals surface area contributed by atoms with Gasteiger partial charge in [0.05, 0.1) is 53.3 Å². The zero-order valence-corrected chi connectivity index (χ0v) is 20.6. The first-order valence-corrected chi connectivity index (χ1v) is 12.2. The van der Waals surface area contributed by atoms with Crippen LogP contribution in [-0.2, 0) is 11.3 Å². The molecule has 0 radical (unpaired) electrons. The summed E-state index contributed by atoms with van der Waals surface area (Å²) in [4.78, 5) is 10.7. The summed E-state index contributed by atoms with van der Waals surface area (Å²) in [7, 11) is 0. The second-order valence-corrected chi connectivity index (χ2v) is 9.26. The van der Waals surface area contributed by atoms with Gasteiger partial charge in [0.2, 0.25) is 5.95 Å². The van der Waals surface area contributed by atoms with E-state index in [2.05, 4.69) is 25.3 Å². The van der Waals surface area contributed by atoms with Gasteiger partial charge in [-0.2, -0.15) is 9.61 Å². The summed E-state index contributed by atoms with van der Waals surface area (Å²) >= 11 is 0. The molecular weight excluding hydrogens is 480 g/mol. The van der Waals surface area contributed by atoms with Crippen LogP contribution in [-0.4, -0.2) is 56.5 Å². The minimum Gasteiger partial charge on any atom is -0.391 e. The number of ether oxygens (including phenoxy) is 1. The Morgan fingerprint density at radius 2 is 1.95 bits per heavy atom. The van der Waals surface area contributed by atoms with Crippen molar-refractivity contribution in [3.8, 4) is 11.3 Å². The van der Waals surface area contributed by atoms with Gasteiger partial charge in [0.1, 0.15) is 11.6 Å². The summed E-state index contributed by atoms with van der Waals surface area (Å²) in [5.41, 5.74) is 8.63. The predicted molar refractivity (Wildman–Crippen MR) is 137 cm³/mol. The van der Waals surface area contributed by atoms with Gasteiger partial charge in [-0.1, -0.05) is 6.92 Å². The lowest BCUT2D eigenvalue weighted by Gasteiger charge is -2.40. The minimum absolute atomic E-state index is 0.00837. The maximum Gasteiger partial charge on any atom is 0.229 e. The second kappa shape index (κ2) is 10.4. The SMILES string of the molecule is CCOCc1cc(F)c(-c2ccc3cnc(Nc4cnccc4N4C[C@@H](N)[C@H](O)[C@@H](C)C4)n3n2)c(F)c1. The zero-order valence-electron chi connectivity index (χ0n) is 20.6. The lowest BCUT2D eigenvalue weighted by Crippen LogP contribution is -2.55. The maximum absolute atomic E-state index is 14.9. The van der Waals surface area contributed by atoms with Gasteiger partial charge in [0.15, 0.2) is 0 Å². The number of anilines is 3. The quantitative estimate of drug-likeness (QED) is 0.347. The van der Waals surface area contributed by atoms with Gasteiger partial charge in [-0.05, 0) is 42.8 Å². The molecule has 3 atom stereocenters. The average Bonchev–Trinajstić information content (AvgIpc) is 3.27. The van der Waals surface area contributed by atoms with Crippen LogP contribution in [0.5, 0.6) is 0 Å². The number of nitrogens with zero attached hydrogens (tertiary/aromatic N) is 5. The number of nitrogens with one attached hydrogen (secondary N) is 1. The van der Waals surface area contributed by atoms with Crippen molar-refractivity contribution in [1.82, 2.24) is 19.6 Å². The zero-order chi connectivity index (χ0) is 26.1. The lowest BCUT2D eigenvalue weighted by atomic mass is 9.92. The van der Waals surface area contributed by atoms with Gasteiger partial charge in [-0.3, -0.25) is 4.98 Å². The number of hydrogen-bond acceptors (Lipinski definition) is 8. The first-order valence-electron chi connectivity index (χ1n) is 12.2. The molecule has 194 valence electrons. The van der Waals surface area contributed by atoms with Crippen molar-refractivity contribution in [2.24, 2.45) is 11.7 Å². The fourth-order valence-electron chi connectivity index (χ4n) is 4.67. The van der Waals surface area contributed by atoms with Gasteiger partial charge in [-0.15, -0.1) is 0 Å². The molecule has 1 aromatic carbocycles. The van der Waals surface area contributed by atoms with E-state index in [0.717, 1.165) is 5.69 Å². The fraction of sp³-hybridized carbons (Fsp3) is 0.346. The van der Waals surface area contributed by atoms with Gasteiger partial charge in [0, 0.05) is 37.9 Å². The van der Waals surface area contributed by atoms with E-state index < -0.39 is 17.7 Å². The Morgan fingerprint density at radius 1 is 1.16 bits per heavy atom. The van der Waals surface area contributed by atoms with E-state index in [1.54, 1.807) is 30.7 Å². The number of halogens is 2. The maximum atomic E-state index is 14.9. The molecule has 4 aromatic rings. The smallest absolute Gasteiger partial charge is 0.229 e. The summed E-state index contributed by atoms with van der Waals surface area (Å²) in [5.74, 6) is -1.09. The number of aromatic nitrogens is 4. The van der Waals surface area contributed by atoms with Crippen LogP contribution in [0.3, 0.4) is 0 Å². The van der Waals surface area contributed by atoms with Crippen LogP contribution in [0.2, 0.25) is 0 Å². The molecule has 5 rings (SSSR count). The van der Waals surface area contributed by atoms with Crippen molar-refractivity contribution >= 4 is 22.8 Å². The van der Waals surface area contributed by atoms with Crippen molar-refractivity contribution in [3.05, 3.63) is 66.1 Å². The third-order valence-electron chi connectivity index (χ3n) is 6.56. The number of pyridine rings is 1. The van der Waals surface area contributed by atoms with E-state index in [1.807, 2.05) is 19.9 Å². The standard InChI is InChI=1S/C26H29F2N7O2/c1-3-37-14-16-8-18(27)24(19(28)9-16)21-5-4-17-10-31-26(35(17)33-21)32-22-11-30-7-6-23(22)34-12-15(2)25(36)20(29)13-34/h4-11,15,20,25,36H,3,12-14,29H2,1-2H3,(H,31,32)/t15-,20+,25+/m0/s1. The van der Waals surface area contributed by atoms with E-state index >= 15 is 0 Å². The van der Waals surface area contributed by atoms with E-state index in [-0.39, 0.29) is 29.8 Å². The first-order chi connectivity index (χ1) is 17.9. The van der Waals surface area contributed by atoms with Crippen LogP contribution in [0.1, 0.15) is 19.4 Å². The third-order valence-corrected chi connectivity index (χ3v) is 6.56. The summed E-state index contributed by atoms with van der Waals surface area (Å²) in [5, 5.41) is 18.0. The molecule has 4 heterocycles. The molecule has 1 aliphatic rings. The Labute approximate surface area is 212 Å². The highest BCUT2D eigenvalue weighted by Gasteiger charge is 2.32. The topological polar surface area (TPSA) is 114 Å². The van der Waals surface area contributed by atoms with E-state index in [4.69, 9.17) is 10.5 Å². The van der Waals surface area contributed by atoms with Crippen LogP contribution >= 0.6 is 0 Å². The Kier molecular flexibility index (Phi) is 7.00. The lowest BCUT2D eigenvalue weighted by molar-refractivity contribution is 0.0785. The normalized spacial score (nSPS) is 19.9.